The van der Waals surface area contributed by atoms with Crippen molar-refractivity contribution < 1.29 is 32.9 Å². The van der Waals surface area contributed by atoms with Crippen LogP contribution < -0.4 is 10.2 Å². The van der Waals surface area contributed by atoms with Crippen molar-refractivity contribution in [2.24, 2.45) is 0 Å². The van der Waals surface area contributed by atoms with Crippen LogP contribution in [0.2, 0.25) is 0 Å². The minimum absolute atomic E-state index is 0.0129. The van der Waals surface area contributed by atoms with Crippen molar-refractivity contribution in [1.82, 2.24) is 5.32 Å². The summed E-state index contributed by atoms with van der Waals surface area (Å²) in [6.07, 6.45) is 66.0. The van der Waals surface area contributed by atoms with Gasteiger partial charge in [0.2, 0.25) is 5.91 Å². The van der Waals surface area contributed by atoms with Crippen molar-refractivity contribution in [2.45, 2.75) is 302 Å². The predicted octanol–water partition coefficient (Wildman–Crippen LogP) is 17.5. The van der Waals surface area contributed by atoms with Gasteiger partial charge in [-0.2, -0.15) is 0 Å². The molecule has 1 amide bonds. The van der Waals surface area contributed by atoms with Crippen molar-refractivity contribution in [3.63, 3.8) is 0 Å². The quantitative estimate of drug-likeness (QED) is 0.0272. The molecule has 0 aliphatic rings. The second-order valence-corrected chi connectivity index (χ2v) is 23.1. The maximum Gasteiger partial charge on any atom is 0.268 e. The third-order valence-corrected chi connectivity index (χ3v) is 14.6. The van der Waals surface area contributed by atoms with Crippen LogP contribution in [-0.4, -0.2) is 68.5 Å². The SMILES string of the molecule is CCCCCCC/C=C\C/C=C\C/C=C\CCCCCCCCCCCCCCCCC(=O)NC(COP(=O)([O-])OCC[N+](C)(C)C)C(O)CCCCCCCCCCCCCCCCCCCC. The number of rotatable bonds is 55. The van der Waals surface area contributed by atoms with Gasteiger partial charge in [-0.15, -0.1) is 0 Å². The molecule has 2 N–H and O–H groups in total. The van der Waals surface area contributed by atoms with Crippen molar-refractivity contribution in [3.8, 4) is 0 Å². The molecule has 69 heavy (non-hydrogen) atoms. The highest BCUT2D eigenvalue weighted by molar-refractivity contribution is 7.45. The smallest absolute Gasteiger partial charge is 0.268 e. The number of carbonyl (C=O) groups is 1. The van der Waals surface area contributed by atoms with Crippen LogP contribution in [0.1, 0.15) is 290 Å². The van der Waals surface area contributed by atoms with E-state index in [0.29, 0.717) is 23.9 Å². The zero-order valence-corrected chi connectivity index (χ0v) is 47.4. The second-order valence-electron chi connectivity index (χ2n) is 21.7. The van der Waals surface area contributed by atoms with Gasteiger partial charge in [0.15, 0.2) is 0 Å². The molecule has 0 aromatic carbocycles. The van der Waals surface area contributed by atoms with Crippen LogP contribution in [0.4, 0.5) is 0 Å². The maximum absolute atomic E-state index is 13.0. The lowest BCUT2D eigenvalue weighted by Gasteiger charge is -2.30. The van der Waals surface area contributed by atoms with Crippen molar-refractivity contribution in [1.29, 1.82) is 0 Å². The number of hydrogen-bond acceptors (Lipinski definition) is 6. The number of hydrogen-bond donors (Lipinski definition) is 2. The molecule has 0 aliphatic heterocycles. The van der Waals surface area contributed by atoms with Crippen LogP contribution >= 0.6 is 7.82 Å². The summed E-state index contributed by atoms with van der Waals surface area (Å²) >= 11 is 0. The molecule has 0 bridgehead atoms. The molecule has 0 spiro atoms. The van der Waals surface area contributed by atoms with Crippen molar-refractivity contribution in [2.75, 3.05) is 40.9 Å². The first-order valence-electron chi connectivity index (χ1n) is 29.8. The molecule has 0 saturated carbocycles. The molecule has 0 rings (SSSR count). The third kappa shape index (κ3) is 54.3. The highest BCUT2D eigenvalue weighted by atomic mass is 31.2. The Hall–Kier alpha value is -1.28. The fourth-order valence-electron chi connectivity index (χ4n) is 8.93. The van der Waals surface area contributed by atoms with Gasteiger partial charge < -0.3 is 28.8 Å². The van der Waals surface area contributed by atoms with Crippen molar-refractivity contribution >= 4 is 13.7 Å². The molecule has 8 nitrogen and oxygen atoms in total. The maximum atomic E-state index is 13.0. The number of nitrogens with one attached hydrogen (secondary N) is 1. The van der Waals surface area contributed by atoms with Gasteiger partial charge in [-0.25, -0.2) is 0 Å². The normalized spacial score (nSPS) is 14.1. The number of phosphoric acid groups is 1. The van der Waals surface area contributed by atoms with E-state index in [0.717, 1.165) is 51.4 Å². The van der Waals surface area contributed by atoms with Gasteiger partial charge in [0.1, 0.15) is 13.2 Å². The zero-order chi connectivity index (χ0) is 50.6. The summed E-state index contributed by atoms with van der Waals surface area (Å²) in [4.78, 5) is 25.5. The number of allylic oxidation sites excluding steroid dienone is 6. The van der Waals surface area contributed by atoms with E-state index in [4.69, 9.17) is 9.05 Å². The van der Waals surface area contributed by atoms with E-state index in [1.165, 1.54) is 212 Å². The highest BCUT2D eigenvalue weighted by Gasteiger charge is 2.24. The van der Waals surface area contributed by atoms with E-state index >= 15 is 0 Å². The minimum Gasteiger partial charge on any atom is -0.756 e. The summed E-state index contributed by atoms with van der Waals surface area (Å²) in [6, 6.07) is -0.801. The summed E-state index contributed by atoms with van der Waals surface area (Å²) in [6.45, 7) is 4.74. The van der Waals surface area contributed by atoms with Crippen LogP contribution in [0.15, 0.2) is 36.5 Å². The first-order valence-corrected chi connectivity index (χ1v) is 31.3. The topological polar surface area (TPSA) is 108 Å². The van der Waals surface area contributed by atoms with E-state index in [2.05, 4.69) is 55.6 Å². The van der Waals surface area contributed by atoms with Crippen LogP contribution in [0, 0.1) is 0 Å². The van der Waals surface area contributed by atoms with Gasteiger partial charge in [0, 0.05) is 6.42 Å². The molecular weight excluding hydrogens is 876 g/mol. The van der Waals surface area contributed by atoms with Gasteiger partial charge in [-0.1, -0.05) is 269 Å². The fraction of sp³-hybridized carbons (Fsp3) is 0.883. The molecule has 0 saturated heterocycles. The number of carbonyl (C=O) groups excluding carboxylic acids is 1. The van der Waals surface area contributed by atoms with E-state index in [1.54, 1.807) is 0 Å². The van der Waals surface area contributed by atoms with Gasteiger partial charge >= 0.3 is 0 Å². The molecule has 3 atom stereocenters. The molecule has 3 unspecified atom stereocenters. The molecule has 0 aliphatic carbocycles. The molecule has 0 aromatic heterocycles. The Balaban J connectivity index is 4.10. The lowest BCUT2D eigenvalue weighted by molar-refractivity contribution is -0.870. The van der Waals surface area contributed by atoms with Gasteiger partial charge in [-0.05, 0) is 51.4 Å². The molecule has 408 valence electrons. The summed E-state index contributed by atoms with van der Waals surface area (Å²) in [5.41, 5.74) is 0. The molecular formula is C60H117N2O6P. The Morgan fingerprint density at radius 1 is 0.507 bits per heavy atom. The van der Waals surface area contributed by atoms with Crippen molar-refractivity contribution in [3.05, 3.63) is 36.5 Å². The predicted molar refractivity (Wildman–Crippen MR) is 298 cm³/mol. The number of amides is 1. The number of aliphatic hydroxyl groups excluding tert-OH is 1. The average Bonchev–Trinajstić information content (AvgIpc) is 3.31. The fourth-order valence-corrected chi connectivity index (χ4v) is 9.66. The van der Waals surface area contributed by atoms with Crippen LogP contribution in [0.5, 0.6) is 0 Å². The number of nitrogens with zero attached hydrogens (tertiary/aromatic N) is 1. The standard InChI is InChI=1S/C60H117N2O6P/c1-6-8-10-12-14-16-18-20-22-24-26-27-28-29-30-31-32-33-34-35-36-38-40-42-44-46-48-50-52-54-60(64)61-58(57-68-69(65,66)67-56-55-62(3,4)5)59(63)53-51-49-47-45-43-41-39-37-25-23-21-19-17-15-13-11-9-7-2/h18,20,24,26,28-29,58-59,63H,6-17,19,21-23,25,27,30-57H2,1-5H3,(H-,61,64,65,66)/b20-18-,26-24-,29-28-. The van der Waals surface area contributed by atoms with E-state index < -0.39 is 20.0 Å². The number of aliphatic hydroxyl groups is 1. The Labute approximate surface area is 429 Å². The monoisotopic (exact) mass is 993 g/mol. The number of quaternary nitrogens is 1. The molecule has 9 heteroatoms. The first-order chi connectivity index (χ1) is 33.5. The van der Waals surface area contributed by atoms with Crippen LogP contribution in [0.25, 0.3) is 0 Å². The largest absolute Gasteiger partial charge is 0.756 e. The third-order valence-electron chi connectivity index (χ3n) is 13.6. The first kappa shape index (κ1) is 67.7. The van der Waals surface area contributed by atoms with Gasteiger partial charge in [0.05, 0.1) is 39.9 Å². The summed E-state index contributed by atoms with van der Waals surface area (Å²) in [5, 5.41) is 14.0. The summed E-state index contributed by atoms with van der Waals surface area (Å²) < 4.78 is 23.4. The Morgan fingerprint density at radius 3 is 1.22 bits per heavy atom. The average molecular weight is 994 g/mol. The van der Waals surface area contributed by atoms with Gasteiger partial charge in [0.25, 0.3) is 7.82 Å². The van der Waals surface area contributed by atoms with E-state index in [9.17, 15) is 19.4 Å². The molecule has 0 radical (unpaired) electrons. The second kappa shape index (κ2) is 51.6. The van der Waals surface area contributed by atoms with Crippen LogP contribution in [0.3, 0.4) is 0 Å². The Morgan fingerprint density at radius 2 is 0.841 bits per heavy atom. The summed E-state index contributed by atoms with van der Waals surface area (Å²) in [5.74, 6) is -0.162. The number of phosphoric ester groups is 1. The van der Waals surface area contributed by atoms with E-state index in [-0.39, 0.29) is 19.1 Å². The molecule has 0 fully saturated rings. The number of likely N-dealkylation sites (N-methyl/N-ethyl adjacent to an activating group) is 1. The zero-order valence-electron chi connectivity index (χ0n) is 46.5. The lowest BCUT2D eigenvalue weighted by Crippen LogP contribution is -2.46. The van der Waals surface area contributed by atoms with E-state index in [1.807, 2.05) is 21.1 Å². The molecule has 0 aromatic rings. The van der Waals surface area contributed by atoms with Crippen LogP contribution in [-0.2, 0) is 18.4 Å². The molecule has 0 heterocycles. The highest BCUT2D eigenvalue weighted by Crippen LogP contribution is 2.38. The minimum atomic E-state index is -4.57. The lowest BCUT2D eigenvalue weighted by atomic mass is 10.0. The Kier molecular flexibility index (Phi) is 50.7. The number of unbranched alkanes of at least 4 members (excludes halogenated alkanes) is 36. The van der Waals surface area contributed by atoms with Gasteiger partial charge in [-0.3, -0.25) is 9.36 Å². The Bertz CT molecular complexity index is 1220. The summed E-state index contributed by atoms with van der Waals surface area (Å²) in [7, 11) is 1.31.